The highest BCUT2D eigenvalue weighted by Crippen LogP contribution is 2.31. The molecule has 0 heterocycles. The number of amides is 1. The molecule has 0 aliphatic rings. The number of alkyl halides is 3. The molecule has 0 atom stereocenters. The fourth-order valence-electron chi connectivity index (χ4n) is 1.04. The van der Waals surface area contributed by atoms with Crippen LogP contribution >= 0.6 is 24.0 Å². The lowest BCUT2D eigenvalue weighted by Crippen LogP contribution is -2.24. The molecule has 0 fully saturated rings. The number of carbonyl (C=O) groups excluding carboxylic acids is 1. The number of hydrogen-bond donors (Lipinski definition) is 2. The van der Waals surface area contributed by atoms with E-state index in [1.807, 2.05) is 0 Å². The van der Waals surface area contributed by atoms with Gasteiger partial charge in [0.05, 0.1) is 16.1 Å². The Kier molecular flexibility index (Phi) is 5.44. The number of nitrogens with zero attached hydrogens (tertiary/aromatic N) is 1. The van der Waals surface area contributed by atoms with Gasteiger partial charge in [-0.05, 0) is 18.2 Å². The van der Waals surface area contributed by atoms with Gasteiger partial charge in [-0.1, -0.05) is 11.6 Å². The molecule has 1 aromatic rings. The molecule has 0 aromatic heterocycles. The van der Waals surface area contributed by atoms with Crippen LogP contribution in [0, 0.1) is 0 Å². The van der Waals surface area contributed by atoms with Gasteiger partial charge in [0.1, 0.15) is 0 Å². The zero-order valence-electron chi connectivity index (χ0n) is 8.66. The first-order valence-electron chi connectivity index (χ1n) is 4.22. The second-order valence-electron chi connectivity index (χ2n) is 3.03. The van der Waals surface area contributed by atoms with E-state index >= 15 is 0 Å². The predicted octanol–water partition coefficient (Wildman–Crippen LogP) is 2.19. The summed E-state index contributed by atoms with van der Waals surface area (Å²) >= 11 is 5.59. The number of carbonyl (C=O) groups is 1. The van der Waals surface area contributed by atoms with Crippen molar-refractivity contribution in [3.63, 3.8) is 0 Å². The number of rotatable bonds is 1. The molecule has 0 spiro atoms. The summed E-state index contributed by atoms with van der Waals surface area (Å²) in [7, 11) is 0. The Morgan fingerprint density at radius 2 is 1.83 bits per heavy atom. The number of nitrogens with two attached hydrogens (primary N) is 2. The smallest absolute Gasteiger partial charge is 0.370 e. The second-order valence-corrected chi connectivity index (χ2v) is 3.44. The Morgan fingerprint density at radius 1 is 1.28 bits per heavy atom. The highest BCUT2D eigenvalue weighted by molar-refractivity contribution is 6.34. The van der Waals surface area contributed by atoms with Crippen LogP contribution in [0.25, 0.3) is 0 Å². The highest BCUT2D eigenvalue weighted by atomic mass is 35.5. The first kappa shape index (κ1) is 16.5. The molecule has 4 nitrogen and oxygen atoms in total. The van der Waals surface area contributed by atoms with Gasteiger partial charge in [-0.2, -0.15) is 18.2 Å². The van der Waals surface area contributed by atoms with E-state index in [9.17, 15) is 18.0 Å². The summed E-state index contributed by atoms with van der Waals surface area (Å²) in [5.74, 6) is -1.58. The van der Waals surface area contributed by atoms with Crippen LogP contribution in [0.2, 0.25) is 5.02 Å². The minimum atomic E-state index is -4.57. The third-order valence-corrected chi connectivity index (χ3v) is 2.08. The minimum Gasteiger partial charge on any atom is -0.370 e. The van der Waals surface area contributed by atoms with Crippen LogP contribution in [-0.4, -0.2) is 11.9 Å². The molecule has 0 aliphatic carbocycles. The van der Waals surface area contributed by atoms with Crippen molar-refractivity contribution in [3.8, 4) is 0 Å². The van der Waals surface area contributed by atoms with E-state index in [-0.39, 0.29) is 17.4 Å². The van der Waals surface area contributed by atoms with Gasteiger partial charge >= 0.3 is 6.18 Å². The molecule has 0 radical (unpaired) electrons. The van der Waals surface area contributed by atoms with Crippen molar-refractivity contribution in [3.05, 3.63) is 34.3 Å². The maximum Gasteiger partial charge on any atom is 0.416 e. The van der Waals surface area contributed by atoms with E-state index in [0.717, 1.165) is 12.1 Å². The van der Waals surface area contributed by atoms with Crippen molar-refractivity contribution in [2.75, 3.05) is 0 Å². The van der Waals surface area contributed by atoms with Gasteiger partial charge in [-0.3, -0.25) is 4.79 Å². The molecule has 100 valence electrons. The summed E-state index contributed by atoms with van der Waals surface area (Å²) in [5, 5.41) is -0.159. The molecular weight excluding hydrogens is 294 g/mol. The molecule has 0 saturated carbocycles. The Hall–Kier alpha value is -1.47. The van der Waals surface area contributed by atoms with Gasteiger partial charge in [-0.15, -0.1) is 12.4 Å². The topological polar surface area (TPSA) is 81.5 Å². The van der Waals surface area contributed by atoms with Crippen LogP contribution in [0.15, 0.2) is 23.2 Å². The van der Waals surface area contributed by atoms with Crippen LogP contribution in [-0.2, 0) is 6.18 Å². The van der Waals surface area contributed by atoms with E-state index in [0.29, 0.717) is 6.07 Å². The van der Waals surface area contributed by atoms with Crippen LogP contribution in [0.3, 0.4) is 0 Å². The van der Waals surface area contributed by atoms with E-state index in [1.54, 1.807) is 0 Å². The number of hydrogen-bond acceptors (Lipinski definition) is 1. The average Bonchev–Trinajstić information content (AvgIpc) is 2.15. The number of benzene rings is 1. The molecule has 0 saturated heterocycles. The fourth-order valence-corrected chi connectivity index (χ4v) is 1.24. The van der Waals surface area contributed by atoms with E-state index < -0.39 is 29.2 Å². The van der Waals surface area contributed by atoms with Crippen molar-refractivity contribution >= 4 is 35.9 Å². The average molecular weight is 302 g/mol. The highest BCUT2D eigenvalue weighted by Gasteiger charge is 2.31. The molecule has 0 aliphatic heterocycles. The summed E-state index contributed by atoms with van der Waals surface area (Å²) in [6.45, 7) is 0. The van der Waals surface area contributed by atoms with Gasteiger partial charge in [-0.25, -0.2) is 0 Å². The monoisotopic (exact) mass is 301 g/mol. The standard InChI is InChI=1S/C9H7ClF3N3O.ClH/c10-6-2-1-4(9(11,12)13)3-5(6)7(17)16-8(14)15;/h1-3H,(H4,14,15,16,17);1H. The van der Waals surface area contributed by atoms with Crippen LogP contribution in [0.4, 0.5) is 13.2 Å². The summed E-state index contributed by atoms with van der Waals surface area (Å²) in [4.78, 5) is 14.5. The van der Waals surface area contributed by atoms with E-state index in [2.05, 4.69) is 4.99 Å². The number of guanidine groups is 1. The zero-order chi connectivity index (χ0) is 13.2. The third kappa shape index (κ3) is 4.08. The Morgan fingerprint density at radius 3 is 2.28 bits per heavy atom. The molecule has 0 bridgehead atoms. The van der Waals surface area contributed by atoms with Crippen molar-refractivity contribution in [2.24, 2.45) is 16.5 Å². The normalized spacial score (nSPS) is 10.4. The number of halogens is 5. The Balaban J connectivity index is 0.00000289. The summed E-state index contributed by atoms with van der Waals surface area (Å²) in [5.41, 5.74) is 8.48. The summed E-state index contributed by atoms with van der Waals surface area (Å²) < 4.78 is 37.2. The molecule has 9 heteroatoms. The first-order chi connectivity index (χ1) is 7.71. The van der Waals surface area contributed by atoms with Gasteiger partial charge in [0, 0.05) is 0 Å². The summed E-state index contributed by atoms with van der Waals surface area (Å²) in [6, 6.07) is 2.31. The maximum absolute atomic E-state index is 12.4. The molecule has 1 aromatic carbocycles. The lowest BCUT2D eigenvalue weighted by atomic mass is 10.1. The maximum atomic E-state index is 12.4. The minimum absolute atomic E-state index is 0. The van der Waals surface area contributed by atoms with Crippen LogP contribution in [0.5, 0.6) is 0 Å². The third-order valence-electron chi connectivity index (χ3n) is 1.75. The van der Waals surface area contributed by atoms with Crippen molar-refractivity contribution in [2.45, 2.75) is 6.18 Å². The fraction of sp³-hybridized carbons (Fsp3) is 0.111. The van der Waals surface area contributed by atoms with Gasteiger partial charge < -0.3 is 11.5 Å². The first-order valence-corrected chi connectivity index (χ1v) is 4.60. The van der Waals surface area contributed by atoms with Crippen molar-refractivity contribution in [1.29, 1.82) is 0 Å². The van der Waals surface area contributed by atoms with Gasteiger partial charge in [0.2, 0.25) is 0 Å². The lowest BCUT2D eigenvalue weighted by Gasteiger charge is -2.08. The number of aliphatic imine (C=N–C) groups is 1. The molecule has 0 unspecified atom stereocenters. The lowest BCUT2D eigenvalue weighted by molar-refractivity contribution is -0.137. The molecule has 18 heavy (non-hydrogen) atoms. The van der Waals surface area contributed by atoms with E-state index in [1.165, 1.54) is 0 Å². The van der Waals surface area contributed by atoms with Crippen LogP contribution in [0.1, 0.15) is 15.9 Å². The van der Waals surface area contributed by atoms with Crippen LogP contribution < -0.4 is 11.5 Å². The van der Waals surface area contributed by atoms with Gasteiger partial charge in [0.25, 0.3) is 5.91 Å². The molecule has 1 rings (SSSR count). The SMILES string of the molecule is Cl.NC(N)=NC(=O)c1cc(C(F)(F)F)ccc1Cl. The largest absolute Gasteiger partial charge is 0.416 e. The van der Waals surface area contributed by atoms with E-state index in [4.69, 9.17) is 23.1 Å². The molecular formula is C9H8Cl2F3N3O. The molecule has 4 N–H and O–H groups in total. The predicted molar refractivity (Wildman–Crippen MR) is 63.8 cm³/mol. The quantitative estimate of drug-likeness (QED) is 0.616. The Labute approximate surface area is 111 Å². The van der Waals surface area contributed by atoms with Crippen molar-refractivity contribution in [1.82, 2.24) is 0 Å². The Bertz CT molecular complexity index is 484. The second kappa shape index (κ2) is 5.92. The zero-order valence-corrected chi connectivity index (χ0v) is 10.2. The molecule has 1 amide bonds. The van der Waals surface area contributed by atoms with Gasteiger partial charge in [0.15, 0.2) is 5.96 Å². The summed E-state index contributed by atoms with van der Waals surface area (Å²) in [6.07, 6.45) is -4.57. The van der Waals surface area contributed by atoms with Crippen molar-refractivity contribution < 1.29 is 18.0 Å².